The second-order valence-electron chi connectivity index (χ2n) is 7.52. The Labute approximate surface area is 183 Å². The Balaban J connectivity index is 1.54. The molecule has 1 aromatic heterocycles. The van der Waals surface area contributed by atoms with Crippen LogP contribution in [0, 0.1) is 0 Å². The summed E-state index contributed by atoms with van der Waals surface area (Å²) in [4.78, 5) is 16.0. The minimum absolute atomic E-state index is 0.320. The number of carbonyl (C=O) groups excluding carboxylic acids is 1. The van der Waals surface area contributed by atoms with Crippen molar-refractivity contribution >= 4 is 11.5 Å². The lowest BCUT2D eigenvalue weighted by Gasteiger charge is -2.24. The Morgan fingerprint density at radius 3 is 2.35 bits per heavy atom. The Morgan fingerprint density at radius 2 is 1.74 bits per heavy atom. The molecule has 0 aliphatic rings. The minimum atomic E-state index is -1.05. The van der Waals surface area contributed by atoms with Crippen LogP contribution in [0.2, 0.25) is 0 Å². The minimum Gasteiger partial charge on any atom is -0.490 e. The fourth-order valence-corrected chi connectivity index (χ4v) is 2.93. The van der Waals surface area contributed by atoms with Crippen LogP contribution >= 0.6 is 0 Å². The van der Waals surface area contributed by atoms with Crippen molar-refractivity contribution in [3.63, 3.8) is 0 Å². The van der Waals surface area contributed by atoms with Gasteiger partial charge in [0.25, 0.3) is 0 Å². The molecule has 0 aliphatic heterocycles. The van der Waals surface area contributed by atoms with E-state index in [9.17, 15) is 4.79 Å². The first-order valence-corrected chi connectivity index (χ1v) is 10.2. The van der Waals surface area contributed by atoms with Gasteiger partial charge in [-0.1, -0.05) is 12.1 Å². The summed E-state index contributed by atoms with van der Waals surface area (Å²) in [6, 6.07) is 15.5. The fourth-order valence-electron chi connectivity index (χ4n) is 2.93. The van der Waals surface area contributed by atoms with Crippen molar-refractivity contribution < 1.29 is 19.0 Å². The van der Waals surface area contributed by atoms with Gasteiger partial charge in [-0.3, -0.25) is 0 Å². The molecule has 3 rings (SSSR count). The molecule has 0 unspecified atom stereocenters. The molecule has 1 heterocycles. The molecule has 0 saturated carbocycles. The maximum Gasteiger partial charge on any atom is 0.349 e. The smallest absolute Gasteiger partial charge is 0.349 e. The Bertz CT molecular complexity index is 1000. The van der Waals surface area contributed by atoms with E-state index in [0.29, 0.717) is 19.0 Å². The normalized spacial score (nSPS) is 11.8. The Hall–Kier alpha value is -3.54. The van der Waals surface area contributed by atoms with Crippen LogP contribution in [0.3, 0.4) is 0 Å². The highest BCUT2D eigenvalue weighted by Crippen LogP contribution is 2.23. The van der Waals surface area contributed by atoms with E-state index in [1.165, 1.54) is 0 Å². The summed E-state index contributed by atoms with van der Waals surface area (Å²) in [5.41, 5.74) is 2.29. The largest absolute Gasteiger partial charge is 0.490 e. The molecule has 0 N–H and O–H groups in total. The van der Waals surface area contributed by atoms with Gasteiger partial charge in [0.15, 0.2) is 5.60 Å². The molecular weight excluding hydrogens is 392 g/mol. The zero-order chi connectivity index (χ0) is 22.3. The van der Waals surface area contributed by atoms with Crippen LogP contribution in [0.5, 0.6) is 11.5 Å². The predicted molar refractivity (Wildman–Crippen MR) is 120 cm³/mol. The number of hydrogen-bond acceptors (Lipinski definition) is 5. The van der Waals surface area contributed by atoms with Crippen LogP contribution in [0.15, 0.2) is 73.3 Å². The third kappa shape index (κ3) is 5.98. The van der Waals surface area contributed by atoms with E-state index in [4.69, 9.17) is 14.2 Å². The Kier molecular flexibility index (Phi) is 7.13. The van der Waals surface area contributed by atoms with E-state index >= 15 is 0 Å². The van der Waals surface area contributed by atoms with Crippen molar-refractivity contribution in [2.75, 3.05) is 13.2 Å². The molecule has 162 valence electrons. The van der Waals surface area contributed by atoms with Gasteiger partial charge in [-0.2, -0.15) is 0 Å². The fraction of sp³-hybridized carbons (Fsp3) is 0.280. The zero-order valence-corrected chi connectivity index (χ0v) is 18.4. The predicted octanol–water partition coefficient (Wildman–Crippen LogP) is 5.08. The summed E-state index contributed by atoms with van der Waals surface area (Å²) in [5.74, 6) is 0.907. The molecule has 0 radical (unpaired) electrons. The van der Waals surface area contributed by atoms with Gasteiger partial charge in [-0.15, -0.1) is 0 Å². The second-order valence-corrected chi connectivity index (χ2v) is 7.52. The summed E-state index contributed by atoms with van der Waals surface area (Å²) >= 11 is 0. The zero-order valence-electron chi connectivity index (χ0n) is 18.4. The summed E-state index contributed by atoms with van der Waals surface area (Å²) in [5, 5.41) is 0. The lowest BCUT2D eigenvalue weighted by atomic mass is 10.1. The van der Waals surface area contributed by atoms with Gasteiger partial charge in [0.05, 0.1) is 12.9 Å². The summed E-state index contributed by atoms with van der Waals surface area (Å²) < 4.78 is 18.6. The highest BCUT2D eigenvalue weighted by atomic mass is 16.6. The van der Waals surface area contributed by atoms with Gasteiger partial charge >= 0.3 is 5.97 Å². The summed E-state index contributed by atoms with van der Waals surface area (Å²) in [6.45, 7) is 7.97. The molecule has 0 aliphatic carbocycles. The Morgan fingerprint density at radius 1 is 1.06 bits per heavy atom. The number of imidazole rings is 1. The van der Waals surface area contributed by atoms with Crippen molar-refractivity contribution in [2.24, 2.45) is 0 Å². The lowest BCUT2D eigenvalue weighted by Crippen LogP contribution is -2.39. The molecule has 3 aromatic rings. The number of ether oxygens (including phenoxy) is 3. The van der Waals surface area contributed by atoms with Gasteiger partial charge in [0.1, 0.15) is 18.1 Å². The molecule has 0 saturated heterocycles. The van der Waals surface area contributed by atoms with Crippen LogP contribution in [-0.4, -0.2) is 34.3 Å². The third-order valence-electron chi connectivity index (χ3n) is 4.73. The molecular formula is C25H28N2O4. The quantitative estimate of drug-likeness (QED) is 0.452. The maximum atomic E-state index is 12.0. The van der Waals surface area contributed by atoms with Gasteiger partial charge < -0.3 is 18.8 Å². The van der Waals surface area contributed by atoms with Gasteiger partial charge in [0, 0.05) is 18.1 Å². The van der Waals surface area contributed by atoms with Gasteiger partial charge in [-0.25, -0.2) is 9.78 Å². The SMILES string of the molecule is CCOC(=O)C(C)(C)Oc1ccc(OCC=C(C)c2ccc(-n3ccnc3)cc2)cc1. The first-order valence-electron chi connectivity index (χ1n) is 10.2. The molecule has 0 spiro atoms. The molecule has 31 heavy (non-hydrogen) atoms. The molecule has 0 amide bonds. The monoisotopic (exact) mass is 420 g/mol. The molecule has 0 fully saturated rings. The van der Waals surface area contributed by atoms with Crippen LogP contribution < -0.4 is 9.47 Å². The maximum absolute atomic E-state index is 12.0. The number of esters is 1. The van der Waals surface area contributed by atoms with Gasteiger partial charge in [0.2, 0.25) is 0 Å². The van der Waals surface area contributed by atoms with Crippen molar-refractivity contribution in [3.05, 3.63) is 78.9 Å². The molecule has 0 atom stereocenters. The lowest BCUT2D eigenvalue weighted by molar-refractivity contribution is -0.158. The van der Waals surface area contributed by atoms with Crippen molar-refractivity contribution in [2.45, 2.75) is 33.3 Å². The van der Waals surface area contributed by atoms with Crippen LogP contribution in [0.4, 0.5) is 0 Å². The second kappa shape index (κ2) is 9.98. The van der Waals surface area contributed by atoms with E-state index < -0.39 is 11.6 Å². The first-order chi connectivity index (χ1) is 14.9. The van der Waals surface area contributed by atoms with Crippen molar-refractivity contribution in [1.82, 2.24) is 9.55 Å². The highest BCUT2D eigenvalue weighted by Gasteiger charge is 2.31. The summed E-state index contributed by atoms with van der Waals surface area (Å²) in [7, 11) is 0. The molecule has 2 aromatic carbocycles. The number of benzene rings is 2. The molecule has 0 bridgehead atoms. The van der Waals surface area contributed by atoms with Crippen LogP contribution in [-0.2, 0) is 9.53 Å². The standard InChI is InChI=1S/C25H28N2O4/c1-5-29-24(28)25(3,4)31-23-12-10-22(11-13-23)30-17-14-19(2)20-6-8-21(9-7-20)27-16-15-26-18-27/h6-16,18H,5,17H2,1-4H3. The van der Waals surface area contributed by atoms with Gasteiger partial charge in [-0.05, 0) is 81.3 Å². The van der Waals surface area contributed by atoms with Crippen LogP contribution in [0.25, 0.3) is 11.3 Å². The third-order valence-corrected chi connectivity index (χ3v) is 4.73. The average Bonchev–Trinajstić information content (AvgIpc) is 3.30. The topological polar surface area (TPSA) is 62.6 Å². The van der Waals surface area contributed by atoms with Crippen molar-refractivity contribution in [3.8, 4) is 17.2 Å². The molecule has 6 nitrogen and oxygen atoms in total. The summed E-state index contributed by atoms with van der Waals surface area (Å²) in [6.07, 6.45) is 7.50. The number of nitrogens with zero attached hydrogens (tertiary/aromatic N) is 2. The van der Waals surface area contributed by atoms with Crippen LogP contribution in [0.1, 0.15) is 33.3 Å². The van der Waals surface area contributed by atoms with E-state index in [2.05, 4.69) is 36.2 Å². The average molecular weight is 421 g/mol. The van der Waals surface area contributed by atoms with E-state index in [1.54, 1.807) is 45.4 Å². The van der Waals surface area contributed by atoms with Crippen molar-refractivity contribution in [1.29, 1.82) is 0 Å². The number of rotatable bonds is 9. The number of carbonyl (C=O) groups is 1. The van der Waals surface area contributed by atoms with E-state index in [0.717, 1.165) is 22.6 Å². The number of allylic oxidation sites excluding steroid dienone is 1. The van der Waals surface area contributed by atoms with E-state index in [-0.39, 0.29) is 0 Å². The number of hydrogen-bond donors (Lipinski definition) is 0. The first kappa shape index (κ1) is 22.2. The van der Waals surface area contributed by atoms with E-state index in [1.807, 2.05) is 29.0 Å². The highest BCUT2D eigenvalue weighted by molar-refractivity contribution is 5.79. The molecule has 6 heteroatoms. The number of aromatic nitrogens is 2.